The van der Waals surface area contributed by atoms with E-state index in [1.54, 1.807) is 7.11 Å². The Morgan fingerprint density at radius 2 is 2.18 bits per heavy atom. The van der Waals surface area contributed by atoms with Gasteiger partial charge < -0.3 is 14.4 Å². The van der Waals surface area contributed by atoms with Crippen LogP contribution in [-0.4, -0.2) is 79.2 Å². The van der Waals surface area contributed by atoms with Crippen LogP contribution in [0.5, 0.6) is 0 Å². The van der Waals surface area contributed by atoms with Gasteiger partial charge >= 0.3 is 0 Å². The van der Waals surface area contributed by atoms with Gasteiger partial charge in [0, 0.05) is 64.1 Å². The number of rotatable bonds is 5. The van der Waals surface area contributed by atoms with Crippen LogP contribution in [0.4, 0.5) is 0 Å². The monoisotopic (exact) mass is 308 g/mol. The Labute approximate surface area is 133 Å². The van der Waals surface area contributed by atoms with Crippen molar-refractivity contribution in [2.45, 2.75) is 13.0 Å². The molecular weight excluding hydrogens is 280 g/mol. The normalized spacial score (nSPS) is 27.5. The van der Waals surface area contributed by atoms with Gasteiger partial charge in [0.1, 0.15) is 0 Å². The molecule has 0 radical (unpaired) electrons. The van der Waals surface area contributed by atoms with Gasteiger partial charge in [0.05, 0.1) is 26.0 Å². The fourth-order valence-corrected chi connectivity index (χ4v) is 3.71. The van der Waals surface area contributed by atoms with Crippen LogP contribution in [0.15, 0.2) is 12.4 Å². The molecule has 2 aliphatic rings. The average molecular weight is 308 g/mol. The summed E-state index contributed by atoms with van der Waals surface area (Å²) in [6.07, 6.45) is 5.30. The SMILES string of the molecule is COCCN1CCC2(COCCN(Cc3cnn(C)c3)C2)C1. The highest BCUT2D eigenvalue weighted by Gasteiger charge is 2.40. The third-order valence-corrected chi connectivity index (χ3v) is 4.81. The summed E-state index contributed by atoms with van der Waals surface area (Å²) in [7, 11) is 3.75. The summed E-state index contributed by atoms with van der Waals surface area (Å²) in [6.45, 7) is 8.95. The van der Waals surface area contributed by atoms with Crippen LogP contribution < -0.4 is 0 Å². The number of ether oxygens (including phenoxy) is 2. The third-order valence-electron chi connectivity index (χ3n) is 4.81. The summed E-state index contributed by atoms with van der Waals surface area (Å²) in [5.41, 5.74) is 1.57. The summed E-state index contributed by atoms with van der Waals surface area (Å²) in [5.74, 6) is 0. The third kappa shape index (κ3) is 3.87. The molecule has 0 aliphatic carbocycles. The Hall–Kier alpha value is -0.950. The molecule has 22 heavy (non-hydrogen) atoms. The lowest BCUT2D eigenvalue weighted by atomic mass is 9.87. The Balaban J connectivity index is 1.60. The lowest BCUT2D eigenvalue weighted by Gasteiger charge is -2.31. The number of nitrogens with zero attached hydrogens (tertiary/aromatic N) is 4. The van der Waals surface area contributed by atoms with E-state index in [4.69, 9.17) is 9.47 Å². The zero-order chi connectivity index (χ0) is 15.4. The van der Waals surface area contributed by atoms with Crippen LogP contribution in [-0.2, 0) is 23.1 Å². The molecule has 2 aliphatic heterocycles. The first-order valence-corrected chi connectivity index (χ1v) is 8.18. The summed E-state index contributed by atoms with van der Waals surface area (Å²) in [6, 6.07) is 0. The van der Waals surface area contributed by atoms with Crippen LogP contribution in [0.25, 0.3) is 0 Å². The van der Waals surface area contributed by atoms with E-state index in [9.17, 15) is 0 Å². The van der Waals surface area contributed by atoms with Crippen molar-refractivity contribution in [2.75, 3.05) is 59.7 Å². The molecule has 2 fully saturated rings. The molecule has 1 aromatic rings. The highest BCUT2D eigenvalue weighted by atomic mass is 16.5. The van der Waals surface area contributed by atoms with Gasteiger partial charge in [0.15, 0.2) is 0 Å². The summed E-state index contributed by atoms with van der Waals surface area (Å²) >= 11 is 0. The standard InChI is InChI=1S/C16H28N4O2/c1-18-10-15(9-17-18)11-20-6-8-22-14-16(13-20)3-4-19(12-16)5-7-21-2/h9-10H,3-8,11-14H2,1-2H3. The molecule has 3 heterocycles. The maximum absolute atomic E-state index is 5.94. The number of hydrogen-bond acceptors (Lipinski definition) is 5. The first-order chi connectivity index (χ1) is 10.7. The van der Waals surface area contributed by atoms with E-state index >= 15 is 0 Å². The number of methoxy groups -OCH3 is 1. The molecule has 124 valence electrons. The highest BCUT2D eigenvalue weighted by molar-refractivity contribution is 5.04. The van der Waals surface area contributed by atoms with Crippen molar-refractivity contribution in [1.82, 2.24) is 19.6 Å². The first-order valence-electron chi connectivity index (χ1n) is 8.18. The highest BCUT2D eigenvalue weighted by Crippen LogP contribution is 2.33. The molecule has 1 atom stereocenters. The van der Waals surface area contributed by atoms with Gasteiger partial charge in [-0.3, -0.25) is 9.58 Å². The molecule has 0 aromatic carbocycles. The van der Waals surface area contributed by atoms with E-state index in [-0.39, 0.29) is 5.41 Å². The Bertz CT molecular complexity index is 478. The molecule has 1 aromatic heterocycles. The largest absolute Gasteiger partial charge is 0.383 e. The predicted octanol–water partition coefficient (Wildman–Crippen LogP) is 0.591. The second-order valence-electron chi connectivity index (χ2n) is 6.80. The molecule has 2 saturated heterocycles. The summed E-state index contributed by atoms with van der Waals surface area (Å²) in [5, 5.41) is 4.28. The van der Waals surface area contributed by atoms with E-state index in [0.717, 1.165) is 59.1 Å². The van der Waals surface area contributed by atoms with Crippen LogP contribution in [0, 0.1) is 5.41 Å². The van der Waals surface area contributed by atoms with Gasteiger partial charge in [0.25, 0.3) is 0 Å². The molecular formula is C16H28N4O2. The zero-order valence-electron chi connectivity index (χ0n) is 13.8. The van der Waals surface area contributed by atoms with E-state index in [1.807, 2.05) is 17.9 Å². The molecule has 1 unspecified atom stereocenters. The Morgan fingerprint density at radius 3 is 2.95 bits per heavy atom. The second kappa shape index (κ2) is 7.08. The summed E-state index contributed by atoms with van der Waals surface area (Å²) in [4.78, 5) is 5.05. The zero-order valence-corrected chi connectivity index (χ0v) is 13.8. The van der Waals surface area contributed by atoms with Gasteiger partial charge in [-0.05, 0) is 13.0 Å². The van der Waals surface area contributed by atoms with E-state index in [0.29, 0.717) is 0 Å². The van der Waals surface area contributed by atoms with Crippen molar-refractivity contribution in [2.24, 2.45) is 12.5 Å². The minimum Gasteiger partial charge on any atom is -0.383 e. The molecule has 0 saturated carbocycles. The lowest BCUT2D eigenvalue weighted by molar-refractivity contribution is 0.0682. The molecule has 3 rings (SSSR count). The minimum absolute atomic E-state index is 0.284. The molecule has 0 N–H and O–H groups in total. The topological polar surface area (TPSA) is 42.8 Å². The van der Waals surface area contributed by atoms with Gasteiger partial charge in [-0.2, -0.15) is 5.10 Å². The van der Waals surface area contributed by atoms with Crippen molar-refractivity contribution in [1.29, 1.82) is 0 Å². The fraction of sp³-hybridized carbons (Fsp3) is 0.812. The molecule has 1 spiro atoms. The second-order valence-corrected chi connectivity index (χ2v) is 6.80. The predicted molar refractivity (Wildman–Crippen MR) is 84.7 cm³/mol. The van der Waals surface area contributed by atoms with Crippen molar-refractivity contribution in [3.8, 4) is 0 Å². The van der Waals surface area contributed by atoms with Crippen molar-refractivity contribution in [3.05, 3.63) is 18.0 Å². The number of likely N-dealkylation sites (tertiary alicyclic amines) is 1. The Morgan fingerprint density at radius 1 is 1.32 bits per heavy atom. The van der Waals surface area contributed by atoms with E-state index in [1.165, 1.54) is 12.0 Å². The first kappa shape index (κ1) is 15.9. The van der Waals surface area contributed by atoms with Crippen LogP contribution in [0.3, 0.4) is 0 Å². The number of hydrogen-bond donors (Lipinski definition) is 0. The number of aryl methyl sites for hydroxylation is 1. The maximum atomic E-state index is 5.94. The van der Waals surface area contributed by atoms with Gasteiger partial charge in [-0.1, -0.05) is 0 Å². The molecule has 0 amide bonds. The van der Waals surface area contributed by atoms with Crippen molar-refractivity contribution in [3.63, 3.8) is 0 Å². The van der Waals surface area contributed by atoms with E-state index in [2.05, 4.69) is 21.1 Å². The van der Waals surface area contributed by atoms with Gasteiger partial charge in [0.2, 0.25) is 0 Å². The van der Waals surface area contributed by atoms with Crippen LogP contribution in [0.1, 0.15) is 12.0 Å². The molecule has 6 heteroatoms. The smallest absolute Gasteiger partial charge is 0.0593 e. The van der Waals surface area contributed by atoms with Crippen molar-refractivity contribution >= 4 is 0 Å². The van der Waals surface area contributed by atoms with Gasteiger partial charge in [-0.15, -0.1) is 0 Å². The van der Waals surface area contributed by atoms with Crippen LogP contribution in [0.2, 0.25) is 0 Å². The minimum atomic E-state index is 0.284. The molecule has 0 bridgehead atoms. The van der Waals surface area contributed by atoms with Gasteiger partial charge in [-0.25, -0.2) is 0 Å². The van der Waals surface area contributed by atoms with E-state index < -0.39 is 0 Å². The fourth-order valence-electron chi connectivity index (χ4n) is 3.71. The van der Waals surface area contributed by atoms with Crippen LogP contribution >= 0.6 is 0 Å². The maximum Gasteiger partial charge on any atom is 0.0593 e. The Kier molecular flexibility index (Phi) is 5.13. The average Bonchev–Trinajstić information content (AvgIpc) is 3.02. The quantitative estimate of drug-likeness (QED) is 0.796. The lowest BCUT2D eigenvalue weighted by Crippen LogP contribution is -2.40. The number of aromatic nitrogens is 2. The molecule has 6 nitrogen and oxygen atoms in total. The van der Waals surface area contributed by atoms with Crippen molar-refractivity contribution < 1.29 is 9.47 Å². The summed E-state index contributed by atoms with van der Waals surface area (Å²) < 4.78 is 13.0.